The first-order valence-corrected chi connectivity index (χ1v) is 7.31. The van der Waals surface area contributed by atoms with E-state index in [2.05, 4.69) is 14.6 Å². The third kappa shape index (κ3) is 4.43. The van der Waals surface area contributed by atoms with Crippen molar-refractivity contribution in [2.75, 3.05) is 13.2 Å². The van der Waals surface area contributed by atoms with Gasteiger partial charge in [-0.1, -0.05) is 0 Å². The standard InChI is InChI=1S/C10H16N4O6S/c1-6-9(7(2)14(13-6)5-8(15)16)21(18,19)12-3-4-20-10(11)17/h12H,3-5H2,1-2H3,(H2,11,17)(H,15,16). The minimum absolute atomic E-state index is 0.0946. The predicted molar refractivity (Wildman–Crippen MR) is 70.1 cm³/mol. The van der Waals surface area contributed by atoms with Crippen molar-refractivity contribution in [3.8, 4) is 0 Å². The van der Waals surface area contributed by atoms with Crippen molar-refractivity contribution in [3.63, 3.8) is 0 Å². The van der Waals surface area contributed by atoms with E-state index in [9.17, 15) is 18.0 Å². The zero-order chi connectivity index (χ0) is 16.2. The number of carboxylic acids is 1. The van der Waals surface area contributed by atoms with Crippen LogP contribution in [0.2, 0.25) is 0 Å². The number of ether oxygens (including phenoxy) is 1. The molecule has 1 heterocycles. The molecule has 1 aromatic heterocycles. The van der Waals surface area contributed by atoms with Crippen LogP contribution in [-0.2, 0) is 26.1 Å². The molecule has 0 spiro atoms. The van der Waals surface area contributed by atoms with Crippen LogP contribution in [0.3, 0.4) is 0 Å². The largest absolute Gasteiger partial charge is 0.480 e. The molecule has 4 N–H and O–H groups in total. The van der Waals surface area contributed by atoms with E-state index < -0.39 is 28.6 Å². The van der Waals surface area contributed by atoms with Crippen molar-refractivity contribution in [3.05, 3.63) is 11.4 Å². The Morgan fingerprint density at radius 1 is 1.43 bits per heavy atom. The lowest BCUT2D eigenvalue weighted by atomic mass is 10.4. The Morgan fingerprint density at radius 3 is 2.57 bits per heavy atom. The molecule has 0 aromatic carbocycles. The second kappa shape index (κ2) is 6.54. The van der Waals surface area contributed by atoms with Crippen LogP contribution in [0.25, 0.3) is 0 Å². The van der Waals surface area contributed by atoms with Crippen LogP contribution in [0.5, 0.6) is 0 Å². The molecular weight excluding hydrogens is 304 g/mol. The quantitative estimate of drug-likeness (QED) is 0.542. The van der Waals surface area contributed by atoms with Gasteiger partial charge >= 0.3 is 12.1 Å². The van der Waals surface area contributed by atoms with E-state index in [-0.39, 0.29) is 29.4 Å². The molecule has 0 aliphatic heterocycles. The van der Waals surface area contributed by atoms with E-state index in [1.165, 1.54) is 13.8 Å². The zero-order valence-electron chi connectivity index (χ0n) is 11.5. The van der Waals surface area contributed by atoms with Gasteiger partial charge in [0.25, 0.3) is 0 Å². The fourth-order valence-electron chi connectivity index (χ4n) is 1.75. The molecule has 1 amide bonds. The van der Waals surface area contributed by atoms with E-state index in [1.54, 1.807) is 0 Å². The smallest absolute Gasteiger partial charge is 0.404 e. The second-order valence-electron chi connectivity index (χ2n) is 4.12. The van der Waals surface area contributed by atoms with Crippen LogP contribution >= 0.6 is 0 Å². The summed E-state index contributed by atoms with van der Waals surface area (Å²) >= 11 is 0. The Labute approximate surface area is 120 Å². The van der Waals surface area contributed by atoms with Gasteiger partial charge in [-0.25, -0.2) is 17.9 Å². The van der Waals surface area contributed by atoms with Gasteiger partial charge < -0.3 is 15.6 Å². The predicted octanol–water partition coefficient (Wildman–Crippen LogP) is -1.04. The van der Waals surface area contributed by atoms with E-state index in [1.807, 2.05) is 0 Å². The van der Waals surface area contributed by atoms with Gasteiger partial charge in [0.15, 0.2) is 0 Å². The highest BCUT2D eigenvalue weighted by Gasteiger charge is 2.24. The minimum atomic E-state index is -3.89. The second-order valence-corrected chi connectivity index (χ2v) is 5.82. The molecule has 0 saturated carbocycles. The maximum atomic E-state index is 12.1. The summed E-state index contributed by atoms with van der Waals surface area (Å²) in [4.78, 5) is 20.9. The SMILES string of the molecule is Cc1nn(CC(=O)O)c(C)c1S(=O)(=O)NCCOC(N)=O. The maximum absolute atomic E-state index is 12.1. The number of hydrogen-bond donors (Lipinski definition) is 3. The molecule has 0 fully saturated rings. The highest BCUT2D eigenvalue weighted by molar-refractivity contribution is 7.89. The number of carbonyl (C=O) groups is 2. The van der Waals surface area contributed by atoms with Crippen molar-refractivity contribution in [2.45, 2.75) is 25.3 Å². The van der Waals surface area contributed by atoms with Crippen molar-refractivity contribution in [1.82, 2.24) is 14.5 Å². The Balaban J connectivity index is 2.90. The lowest BCUT2D eigenvalue weighted by Gasteiger charge is -2.07. The lowest BCUT2D eigenvalue weighted by molar-refractivity contribution is -0.137. The summed E-state index contributed by atoms with van der Waals surface area (Å²) in [5, 5.41) is 12.6. The number of carboxylic acid groups (broad SMARTS) is 1. The number of aliphatic carboxylic acids is 1. The van der Waals surface area contributed by atoms with Gasteiger partial charge in [0.05, 0.1) is 11.4 Å². The maximum Gasteiger partial charge on any atom is 0.404 e. The Morgan fingerprint density at radius 2 is 2.05 bits per heavy atom. The summed E-state index contributed by atoms with van der Waals surface area (Å²) in [6.07, 6.45) is -1.00. The van der Waals surface area contributed by atoms with Gasteiger partial charge in [-0.05, 0) is 13.8 Å². The van der Waals surface area contributed by atoms with Crippen molar-refractivity contribution in [2.24, 2.45) is 5.73 Å². The summed E-state index contributed by atoms with van der Waals surface area (Å²) in [5.74, 6) is -1.13. The summed E-state index contributed by atoms with van der Waals surface area (Å²) < 4.78 is 32.0. The molecule has 118 valence electrons. The van der Waals surface area contributed by atoms with Crippen molar-refractivity contribution in [1.29, 1.82) is 0 Å². The molecule has 1 rings (SSSR count). The van der Waals surface area contributed by atoms with Crippen molar-refractivity contribution >= 4 is 22.1 Å². The van der Waals surface area contributed by atoms with Crippen LogP contribution < -0.4 is 10.5 Å². The lowest BCUT2D eigenvalue weighted by Crippen LogP contribution is -2.30. The number of hydrogen-bond acceptors (Lipinski definition) is 6. The minimum Gasteiger partial charge on any atom is -0.480 e. The number of aryl methyl sites for hydroxylation is 1. The molecule has 1 aromatic rings. The summed E-state index contributed by atoms with van der Waals surface area (Å²) in [5.41, 5.74) is 5.13. The molecule has 0 aliphatic rings. The number of primary amides is 1. The average molecular weight is 320 g/mol. The van der Waals surface area contributed by atoms with Gasteiger partial charge in [0.1, 0.15) is 18.0 Å². The number of aromatic nitrogens is 2. The number of rotatable bonds is 7. The molecule has 0 aliphatic carbocycles. The Bertz CT molecular complexity index is 651. The van der Waals surface area contributed by atoms with Crippen LogP contribution in [0.4, 0.5) is 4.79 Å². The number of amides is 1. The molecule has 21 heavy (non-hydrogen) atoms. The number of sulfonamides is 1. The Hall–Kier alpha value is -2.14. The van der Waals surface area contributed by atoms with E-state index in [0.717, 1.165) is 4.68 Å². The van der Waals surface area contributed by atoms with E-state index >= 15 is 0 Å². The average Bonchev–Trinajstić information content (AvgIpc) is 2.59. The zero-order valence-corrected chi connectivity index (χ0v) is 12.3. The monoisotopic (exact) mass is 320 g/mol. The fourth-order valence-corrected chi connectivity index (χ4v) is 3.17. The highest BCUT2D eigenvalue weighted by atomic mass is 32.2. The molecule has 11 heteroatoms. The third-order valence-electron chi connectivity index (χ3n) is 2.51. The van der Waals surface area contributed by atoms with E-state index in [0.29, 0.717) is 0 Å². The first-order chi connectivity index (χ1) is 9.65. The number of nitrogens with one attached hydrogen (secondary N) is 1. The molecule has 0 atom stereocenters. The molecule has 0 bridgehead atoms. The van der Waals surface area contributed by atoms with Gasteiger partial charge in [0.2, 0.25) is 10.0 Å². The van der Waals surface area contributed by atoms with Gasteiger partial charge in [-0.2, -0.15) is 5.10 Å². The highest BCUT2D eigenvalue weighted by Crippen LogP contribution is 2.18. The fraction of sp³-hybridized carbons (Fsp3) is 0.500. The third-order valence-corrected chi connectivity index (χ3v) is 4.22. The van der Waals surface area contributed by atoms with Crippen LogP contribution in [-0.4, -0.2) is 48.5 Å². The van der Waals surface area contributed by atoms with Crippen molar-refractivity contribution < 1.29 is 27.9 Å². The first-order valence-electron chi connectivity index (χ1n) is 5.83. The molecule has 0 unspecified atom stereocenters. The van der Waals surface area contributed by atoms with Crippen LogP contribution in [0, 0.1) is 13.8 Å². The van der Waals surface area contributed by atoms with E-state index in [4.69, 9.17) is 10.8 Å². The number of nitrogens with two attached hydrogens (primary N) is 1. The van der Waals surface area contributed by atoms with Gasteiger partial charge in [0, 0.05) is 6.54 Å². The molecular formula is C10H16N4O6S. The normalized spacial score (nSPS) is 11.3. The summed E-state index contributed by atoms with van der Waals surface area (Å²) in [7, 11) is -3.89. The number of carbonyl (C=O) groups excluding carboxylic acids is 1. The Kier molecular flexibility index (Phi) is 5.27. The van der Waals surface area contributed by atoms with Gasteiger partial charge in [-0.15, -0.1) is 0 Å². The van der Waals surface area contributed by atoms with Gasteiger partial charge in [-0.3, -0.25) is 9.48 Å². The topological polar surface area (TPSA) is 154 Å². The molecule has 0 radical (unpaired) electrons. The summed E-state index contributed by atoms with van der Waals surface area (Å²) in [6.45, 7) is 2.11. The first kappa shape index (κ1) is 16.9. The molecule has 10 nitrogen and oxygen atoms in total. The van der Waals surface area contributed by atoms with Crippen LogP contribution in [0.1, 0.15) is 11.4 Å². The molecule has 0 saturated heterocycles. The number of nitrogens with zero attached hydrogens (tertiary/aromatic N) is 2. The van der Waals surface area contributed by atoms with Crippen LogP contribution in [0.15, 0.2) is 4.90 Å². The summed E-state index contributed by atoms with van der Waals surface area (Å²) in [6, 6.07) is 0.